The van der Waals surface area contributed by atoms with E-state index >= 15 is 0 Å². The average molecular weight is 413 g/mol. The smallest absolute Gasteiger partial charge is 0.251 e. The first kappa shape index (κ1) is 19.7. The quantitative estimate of drug-likeness (QED) is 0.618. The van der Waals surface area contributed by atoms with Crippen molar-refractivity contribution < 1.29 is 9.18 Å². The van der Waals surface area contributed by atoms with Crippen LogP contribution < -0.4 is 5.32 Å². The van der Waals surface area contributed by atoms with E-state index < -0.39 is 0 Å². The summed E-state index contributed by atoms with van der Waals surface area (Å²) in [6, 6.07) is 15.9. The van der Waals surface area contributed by atoms with Gasteiger partial charge >= 0.3 is 0 Å². The highest BCUT2D eigenvalue weighted by Crippen LogP contribution is 2.55. The lowest BCUT2D eigenvalue weighted by atomic mass is 9.56. The summed E-state index contributed by atoms with van der Waals surface area (Å²) in [5.74, 6) is 0.155. The van der Waals surface area contributed by atoms with E-state index in [0.717, 1.165) is 49.4 Å². The molecule has 2 aliphatic rings. The molecule has 0 atom stereocenters. The van der Waals surface area contributed by atoms with Crippen LogP contribution in [0, 0.1) is 22.6 Å². The van der Waals surface area contributed by atoms with Crippen LogP contribution in [0.3, 0.4) is 0 Å². The van der Waals surface area contributed by atoms with E-state index in [1.807, 2.05) is 12.3 Å². The third-order valence-corrected chi connectivity index (χ3v) is 7.19. The van der Waals surface area contributed by atoms with Crippen LogP contribution >= 0.6 is 0 Å². The van der Waals surface area contributed by atoms with Gasteiger partial charge in [0.25, 0.3) is 5.91 Å². The van der Waals surface area contributed by atoms with Crippen LogP contribution in [0.2, 0.25) is 0 Å². The standard InChI is InChI=1S/C26H24FN3O/c27-20-5-6-24-23(13-20)22(9-12-29-24)18-7-10-26(11-8-18)14-21(15-26)30-25(31)19-3-1-17(16-28)2-4-19/h1-6,9,12-13,18,21H,7-8,10-11,14-15H2,(H,30,31)/t18-,21-,26?. The Morgan fingerprint density at radius 3 is 2.55 bits per heavy atom. The second-order valence-electron chi connectivity index (χ2n) is 9.10. The van der Waals surface area contributed by atoms with Gasteiger partial charge in [-0.1, -0.05) is 0 Å². The first-order valence-electron chi connectivity index (χ1n) is 10.9. The zero-order chi connectivity index (χ0) is 21.4. The molecule has 0 radical (unpaired) electrons. The maximum atomic E-state index is 13.8. The molecule has 3 aromatic rings. The first-order valence-corrected chi connectivity index (χ1v) is 10.9. The lowest BCUT2D eigenvalue weighted by Gasteiger charge is -2.52. The molecule has 5 rings (SSSR count). The molecule has 2 saturated carbocycles. The number of pyridine rings is 1. The molecular weight excluding hydrogens is 389 g/mol. The Labute approximate surface area is 181 Å². The number of nitrogens with one attached hydrogen (secondary N) is 1. The predicted molar refractivity (Wildman–Crippen MR) is 117 cm³/mol. The molecule has 4 nitrogen and oxygen atoms in total. The number of rotatable bonds is 3. The second kappa shape index (κ2) is 7.77. The van der Waals surface area contributed by atoms with Gasteiger partial charge in [0.15, 0.2) is 0 Å². The molecule has 2 aliphatic carbocycles. The Hall–Kier alpha value is -3.26. The Morgan fingerprint density at radius 2 is 1.84 bits per heavy atom. The monoisotopic (exact) mass is 413 g/mol. The normalized spacial score (nSPS) is 25.0. The van der Waals surface area contributed by atoms with Crippen LogP contribution in [-0.4, -0.2) is 16.9 Å². The van der Waals surface area contributed by atoms with Gasteiger partial charge in [-0.2, -0.15) is 5.26 Å². The fourth-order valence-corrected chi connectivity index (χ4v) is 5.50. The summed E-state index contributed by atoms with van der Waals surface area (Å²) in [4.78, 5) is 16.9. The minimum absolute atomic E-state index is 0.0664. The van der Waals surface area contributed by atoms with E-state index in [2.05, 4.69) is 16.4 Å². The van der Waals surface area contributed by atoms with Gasteiger partial charge in [0, 0.05) is 23.2 Å². The number of benzene rings is 2. The van der Waals surface area contributed by atoms with Crippen LogP contribution in [-0.2, 0) is 0 Å². The SMILES string of the molecule is N#Cc1ccc(C(=O)N[C@H]2CC3(CC[C@H](c4ccnc5ccc(F)cc54)CC3)C2)cc1. The number of carbonyl (C=O) groups excluding carboxylic acids is 1. The number of halogens is 1. The first-order chi connectivity index (χ1) is 15.0. The molecule has 0 aliphatic heterocycles. The number of hydrogen-bond acceptors (Lipinski definition) is 3. The van der Waals surface area contributed by atoms with Gasteiger partial charge in [0.05, 0.1) is 17.1 Å². The molecular formula is C26H24FN3O. The fourth-order valence-electron chi connectivity index (χ4n) is 5.50. The van der Waals surface area contributed by atoms with Crippen LogP contribution in [0.5, 0.6) is 0 Å². The maximum Gasteiger partial charge on any atom is 0.251 e. The molecule has 1 spiro atoms. The van der Waals surface area contributed by atoms with E-state index in [4.69, 9.17) is 5.26 Å². The highest BCUT2D eigenvalue weighted by Gasteiger charge is 2.46. The van der Waals surface area contributed by atoms with E-state index in [9.17, 15) is 9.18 Å². The van der Waals surface area contributed by atoms with Gasteiger partial charge in [-0.05, 0) is 104 Å². The van der Waals surface area contributed by atoms with E-state index in [0.29, 0.717) is 22.5 Å². The van der Waals surface area contributed by atoms with Crippen molar-refractivity contribution in [3.05, 3.63) is 77.2 Å². The molecule has 0 unspecified atom stereocenters. The molecule has 5 heteroatoms. The van der Waals surface area contributed by atoms with Crippen molar-refractivity contribution in [1.29, 1.82) is 5.26 Å². The van der Waals surface area contributed by atoms with Gasteiger partial charge in [-0.25, -0.2) is 4.39 Å². The largest absolute Gasteiger partial charge is 0.349 e. The van der Waals surface area contributed by atoms with Crippen molar-refractivity contribution in [3.63, 3.8) is 0 Å². The Balaban J connectivity index is 1.19. The summed E-state index contributed by atoms with van der Waals surface area (Å²) >= 11 is 0. The second-order valence-corrected chi connectivity index (χ2v) is 9.10. The summed E-state index contributed by atoms with van der Waals surface area (Å²) < 4.78 is 13.8. The summed E-state index contributed by atoms with van der Waals surface area (Å²) in [6.07, 6.45) is 8.33. The lowest BCUT2D eigenvalue weighted by Crippen LogP contribution is -2.51. The molecule has 0 saturated heterocycles. The fraction of sp³-hybridized carbons (Fsp3) is 0.346. The van der Waals surface area contributed by atoms with E-state index in [1.165, 1.54) is 11.6 Å². The number of hydrogen-bond donors (Lipinski definition) is 1. The number of aromatic nitrogens is 1. The third kappa shape index (κ3) is 3.79. The van der Waals surface area contributed by atoms with Crippen molar-refractivity contribution in [2.45, 2.75) is 50.5 Å². The zero-order valence-corrected chi connectivity index (χ0v) is 17.3. The Morgan fingerprint density at radius 1 is 1.10 bits per heavy atom. The number of nitriles is 1. The van der Waals surface area contributed by atoms with Gasteiger partial charge in [0.1, 0.15) is 5.82 Å². The number of nitrogens with zero attached hydrogens (tertiary/aromatic N) is 2. The molecule has 1 heterocycles. The third-order valence-electron chi connectivity index (χ3n) is 7.19. The van der Waals surface area contributed by atoms with Crippen molar-refractivity contribution in [3.8, 4) is 6.07 Å². The summed E-state index contributed by atoms with van der Waals surface area (Å²) in [5, 5.41) is 13.0. The Bertz CT molecular complexity index is 1170. The minimum Gasteiger partial charge on any atom is -0.349 e. The van der Waals surface area contributed by atoms with Crippen LogP contribution in [0.25, 0.3) is 10.9 Å². The molecule has 156 valence electrons. The van der Waals surface area contributed by atoms with Crippen molar-refractivity contribution in [2.75, 3.05) is 0 Å². The molecule has 1 amide bonds. The van der Waals surface area contributed by atoms with Crippen molar-refractivity contribution >= 4 is 16.8 Å². The molecule has 2 aromatic carbocycles. The molecule has 1 aromatic heterocycles. The molecule has 0 bridgehead atoms. The summed E-state index contributed by atoms with van der Waals surface area (Å²) in [5.41, 5.74) is 3.55. The maximum absolute atomic E-state index is 13.8. The predicted octanol–water partition coefficient (Wildman–Crippen LogP) is 5.48. The van der Waals surface area contributed by atoms with Crippen molar-refractivity contribution in [1.82, 2.24) is 10.3 Å². The molecule has 2 fully saturated rings. The zero-order valence-electron chi connectivity index (χ0n) is 17.3. The highest BCUT2D eigenvalue weighted by atomic mass is 19.1. The van der Waals surface area contributed by atoms with Gasteiger partial charge in [-0.3, -0.25) is 9.78 Å². The van der Waals surface area contributed by atoms with E-state index in [1.54, 1.807) is 36.4 Å². The van der Waals surface area contributed by atoms with Crippen LogP contribution in [0.4, 0.5) is 4.39 Å². The molecule has 1 N–H and O–H groups in total. The number of amides is 1. The van der Waals surface area contributed by atoms with E-state index in [-0.39, 0.29) is 17.8 Å². The Kier molecular flexibility index (Phi) is 4.94. The van der Waals surface area contributed by atoms with Gasteiger partial charge < -0.3 is 5.32 Å². The average Bonchev–Trinajstić information content (AvgIpc) is 2.78. The topological polar surface area (TPSA) is 65.8 Å². The highest BCUT2D eigenvalue weighted by molar-refractivity contribution is 5.94. The molecule has 31 heavy (non-hydrogen) atoms. The number of carbonyl (C=O) groups is 1. The van der Waals surface area contributed by atoms with Crippen molar-refractivity contribution in [2.24, 2.45) is 5.41 Å². The summed E-state index contributed by atoms with van der Waals surface area (Å²) in [7, 11) is 0. The van der Waals surface area contributed by atoms with Gasteiger partial charge in [-0.15, -0.1) is 0 Å². The summed E-state index contributed by atoms with van der Waals surface area (Å²) in [6.45, 7) is 0. The minimum atomic E-state index is -0.214. The van der Waals surface area contributed by atoms with Gasteiger partial charge in [0.2, 0.25) is 0 Å². The van der Waals surface area contributed by atoms with Crippen LogP contribution in [0.1, 0.15) is 65.9 Å². The van der Waals surface area contributed by atoms with Crippen LogP contribution in [0.15, 0.2) is 54.7 Å². The lowest BCUT2D eigenvalue weighted by molar-refractivity contribution is 0.0311. The number of fused-ring (bicyclic) bond motifs is 1.